The molecule has 0 spiro atoms. The van der Waals surface area contributed by atoms with Crippen LogP contribution < -0.4 is 16.0 Å². The third-order valence-electron chi connectivity index (χ3n) is 9.48. The van der Waals surface area contributed by atoms with E-state index in [0.29, 0.717) is 31.5 Å². The minimum atomic E-state index is -4.48. The predicted molar refractivity (Wildman–Crippen MR) is 175 cm³/mol. The number of halogens is 6. The van der Waals surface area contributed by atoms with Crippen LogP contribution in [0.4, 0.5) is 37.8 Å². The first-order valence-corrected chi connectivity index (χ1v) is 16.8. The van der Waals surface area contributed by atoms with Gasteiger partial charge >= 0.3 is 6.18 Å². The van der Waals surface area contributed by atoms with Gasteiger partial charge in [0, 0.05) is 60.7 Å². The van der Waals surface area contributed by atoms with E-state index < -0.39 is 60.3 Å². The van der Waals surface area contributed by atoms with E-state index in [1.54, 1.807) is 0 Å². The molecule has 284 valence electrons. The Morgan fingerprint density at radius 1 is 1.09 bits per heavy atom. The Hall–Kier alpha value is -5.79. The Morgan fingerprint density at radius 3 is 2.59 bits per heavy atom. The predicted octanol–water partition coefficient (Wildman–Crippen LogP) is 4.83. The average molecular weight is 760 g/mol. The maximum atomic E-state index is 15.7. The fourth-order valence-corrected chi connectivity index (χ4v) is 6.76. The molecule has 1 aromatic carbocycles. The van der Waals surface area contributed by atoms with Gasteiger partial charge in [-0.3, -0.25) is 34.1 Å². The van der Waals surface area contributed by atoms with Crippen molar-refractivity contribution >= 4 is 35.1 Å². The molecule has 54 heavy (non-hydrogen) atoms. The molecule has 7 rings (SSSR count). The molecular formula is C34H31F6N9O5. The Balaban J connectivity index is 0.968. The molecule has 1 unspecified atom stereocenters. The number of hydrogen-bond acceptors (Lipinski definition) is 10. The maximum Gasteiger partial charge on any atom is 0.405 e. The lowest BCUT2D eigenvalue weighted by Crippen LogP contribution is -2.52. The zero-order valence-electron chi connectivity index (χ0n) is 28.1. The molecule has 20 heteroatoms. The molecule has 0 aliphatic carbocycles. The van der Waals surface area contributed by atoms with Crippen molar-refractivity contribution in [3.05, 3.63) is 76.8 Å². The standard InChI is InChI=1S/C34H31F6N9O5/c35-27-18(1-2-20-21(27)13-48(33(20)53)24-3-4-26(50)45-31(24)52)12-47-9-6-19(7-10-47)49-14-22(28(46-49)29(36)37)43-30(51)23-15-54-32(44-23)17-5-8-41-25(11-17)42-16-34(38,39)40/h1-2,5,8,11,14-15,19,24,29H,3-4,6-7,9-10,12-13,16H2,(H,41,42)(H,43,51)(H,45,50,52). The van der Waals surface area contributed by atoms with Gasteiger partial charge in [-0.25, -0.2) is 23.1 Å². The summed E-state index contributed by atoms with van der Waals surface area (Å²) in [6, 6.07) is 4.53. The number of piperidine rings is 2. The summed E-state index contributed by atoms with van der Waals surface area (Å²) in [5, 5.41) is 10.8. The average Bonchev–Trinajstić information content (AvgIpc) is 3.87. The van der Waals surface area contributed by atoms with Crippen molar-refractivity contribution in [2.45, 2.75) is 63.5 Å². The normalized spacial score (nSPS) is 18.3. The number of alkyl halides is 5. The maximum absolute atomic E-state index is 15.7. The molecule has 0 saturated carbocycles. The number of hydrogen-bond donors (Lipinski definition) is 3. The van der Waals surface area contributed by atoms with Gasteiger partial charge in [0.25, 0.3) is 18.2 Å². The van der Waals surface area contributed by atoms with Crippen molar-refractivity contribution < 1.29 is 49.9 Å². The highest BCUT2D eigenvalue weighted by Gasteiger charge is 2.40. The van der Waals surface area contributed by atoms with Crippen molar-refractivity contribution in [2.75, 3.05) is 30.3 Å². The summed E-state index contributed by atoms with van der Waals surface area (Å²) in [5.74, 6) is -3.14. The highest BCUT2D eigenvalue weighted by atomic mass is 19.4. The molecule has 0 radical (unpaired) electrons. The SMILES string of the molecule is O=C1CCC(N2Cc3c(ccc(CN4CCC(n5cc(NC(=O)c6coc(-c7ccnc(NCC(F)(F)F)c7)n6)c(C(F)F)n5)CC4)c3F)C2=O)C(=O)N1. The zero-order chi connectivity index (χ0) is 38.3. The molecular weight excluding hydrogens is 728 g/mol. The van der Waals surface area contributed by atoms with Crippen molar-refractivity contribution in [1.82, 2.24) is 34.9 Å². The topological polar surface area (TPSA) is 168 Å². The van der Waals surface area contributed by atoms with E-state index in [1.165, 1.54) is 46.2 Å². The minimum absolute atomic E-state index is 0.0809. The van der Waals surface area contributed by atoms with E-state index in [1.807, 2.05) is 4.90 Å². The first-order valence-electron chi connectivity index (χ1n) is 16.8. The number of anilines is 2. The zero-order valence-corrected chi connectivity index (χ0v) is 28.1. The summed E-state index contributed by atoms with van der Waals surface area (Å²) >= 11 is 0. The van der Waals surface area contributed by atoms with Gasteiger partial charge in [-0.15, -0.1) is 0 Å². The fourth-order valence-electron chi connectivity index (χ4n) is 6.76. The smallest absolute Gasteiger partial charge is 0.405 e. The van der Waals surface area contributed by atoms with Crippen molar-refractivity contribution in [2.24, 2.45) is 0 Å². The number of nitrogens with zero attached hydrogens (tertiary/aromatic N) is 6. The molecule has 2 saturated heterocycles. The van der Waals surface area contributed by atoms with Crippen LogP contribution in [0.3, 0.4) is 0 Å². The van der Waals surface area contributed by atoms with Gasteiger partial charge in [0.1, 0.15) is 30.5 Å². The lowest BCUT2D eigenvalue weighted by molar-refractivity contribution is -0.137. The molecule has 14 nitrogen and oxygen atoms in total. The Labute approximate surface area is 301 Å². The number of oxazole rings is 1. The second kappa shape index (κ2) is 14.6. The molecule has 0 bridgehead atoms. The molecule has 4 amide bonds. The van der Waals surface area contributed by atoms with E-state index in [9.17, 15) is 41.1 Å². The third-order valence-corrected chi connectivity index (χ3v) is 9.48. The van der Waals surface area contributed by atoms with Gasteiger partial charge in [-0.1, -0.05) is 6.07 Å². The number of aromatic nitrogens is 4. The second-order valence-corrected chi connectivity index (χ2v) is 13.1. The first-order chi connectivity index (χ1) is 25.7. The van der Waals surface area contributed by atoms with Crippen LogP contribution in [0.5, 0.6) is 0 Å². The van der Waals surface area contributed by atoms with Crippen LogP contribution in [0.2, 0.25) is 0 Å². The highest BCUT2D eigenvalue weighted by molar-refractivity contribution is 6.05. The van der Waals surface area contributed by atoms with E-state index in [4.69, 9.17) is 4.42 Å². The van der Waals surface area contributed by atoms with Gasteiger partial charge in [0.05, 0.1) is 18.3 Å². The molecule has 3 aliphatic heterocycles. The number of rotatable bonds is 10. The van der Waals surface area contributed by atoms with Crippen LogP contribution in [-0.2, 0) is 22.7 Å². The number of pyridine rings is 1. The molecule has 3 aliphatic rings. The number of carbonyl (C=O) groups excluding carboxylic acids is 4. The fraction of sp³-hybridized carbons (Fsp3) is 0.382. The van der Waals surface area contributed by atoms with Gasteiger partial charge < -0.3 is 20.0 Å². The number of amides is 4. The summed E-state index contributed by atoms with van der Waals surface area (Å²) in [6.07, 6.45) is -2.84. The molecule has 1 atom stereocenters. The molecule has 2 fully saturated rings. The summed E-state index contributed by atoms with van der Waals surface area (Å²) in [7, 11) is 0. The van der Waals surface area contributed by atoms with Gasteiger partial charge in [0.2, 0.25) is 17.7 Å². The first kappa shape index (κ1) is 36.6. The van der Waals surface area contributed by atoms with Crippen LogP contribution in [0.1, 0.15) is 75.8 Å². The largest absolute Gasteiger partial charge is 0.444 e. The lowest BCUT2D eigenvalue weighted by Gasteiger charge is -2.32. The van der Waals surface area contributed by atoms with E-state index in [2.05, 4.69) is 31.0 Å². The van der Waals surface area contributed by atoms with E-state index in [0.717, 1.165) is 6.26 Å². The summed E-state index contributed by atoms with van der Waals surface area (Å²) in [5.41, 5.74) is -0.258. The summed E-state index contributed by atoms with van der Waals surface area (Å²) < 4.78 is 88.2. The third kappa shape index (κ3) is 7.64. The van der Waals surface area contributed by atoms with Crippen LogP contribution in [-0.4, -0.2) is 85.0 Å². The Morgan fingerprint density at radius 2 is 1.87 bits per heavy atom. The summed E-state index contributed by atoms with van der Waals surface area (Å²) in [6.45, 7) is -0.290. The van der Waals surface area contributed by atoms with Gasteiger partial charge in [-0.05, 0) is 37.5 Å². The number of imide groups is 1. The van der Waals surface area contributed by atoms with Crippen molar-refractivity contribution in [3.8, 4) is 11.5 Å². The number of nitrogens with one attached hydrogen (secondary N) is 3. The quantitative estimate of drug-likeness (QED) is 0.151. The second-order valence-electron chi connectivity index (χ2n) is 13.1. The van der Waals surface area contributed by atoms with E-state index in [-0.39, 0.29) is 71.8 Å². The van der Waals surface area contributed by atoms with Crippen LogP contribution in [0.25, 0.3) is 11.5 Å². The van der Waals surface area contributed by atoms with Crippen LogP contribution in [0, 0.1) is 5.82 Å². The van der Waals surface area contributed by atoms with Crippen molar-refractivity contribution in [3.63, 3.8) is 0 Å². The molecule has 6 heterocycles. The minimum Gasteiger partial charge on any atom is -0.444 e. The van der Waals surface area contributed by atoms with E-state index >= 15 is 4.39 Å². The van der Waals surface area contributed by atoms with Crippen molar-refractivity contribution in [1.29, 1.82) is 0 Å². The Bertz CT molecular complexity index is 2110. The lowest BCUT2D eigenvalue weighted by atomic mass is 10.0. The van der Waals surface area contributed by atoms with Crippen LogP contribution in [0.15, 0.2) is 47.3 Å². The monoisotopic (exact) mass is 759 g/mol. The molecule has 3 N–H and O–H groups in total. The number of carbonyl (C=O) groups is 4. The Kier molecular flexibility index (Phi) is 9.86. The molecule has 3 aromatic heterocycles. The number of likely N-dealkylation sites (tertiary alicyclic amines) is 1. The van der Waals surface area contributed by atoms with Gasteiger partial charge in [0.15, 0.2) is 11.4 Å². The number of fused-ring (bicyclic) bond motifs is 1. The highest BCUT2D eigenvalue weighted by Crippen LogP contribution is 2.34. The molecule has 4 aromatic rings. The van der Waals surface area contributed by atoms with Crippen LogP contribution >= 0.6 is 0 Å². The van der Waals surface area contributed by atoms with Gasteiger partial charge in [-0.2, -0.15) is 18.3 Å². The summed E-state index contributed by atoms with van der Waals surface area (Å²) in [4.78, 5) is 61.1. The number of benzene rings is 1.